The lowest BCUT2D eigenvalue weighted by atomic mass is 10.0. The van der Waals surface area contributed by atoms with E-state index in [-0.39, 0.29) is 6.42 Å². The van der Waals surface area contributed by atoms with Crippen molar-refractivity contribution in [1.82, 2.24) is 0 Å². The summed E-state index contributed by atoms with van der Waals surface area (Å²) in [5.41, 5.74) is 6.38. The van der Waals surface area contributed by atoms with E-state index >= 15 is 0 Å². The lowest BCUT2D eigenvalue weighted by Gasteiger charge is -2.04. The van der Waals surface area contributed by atoms with Crippen molar-refractivity contribution in [3.63, 3.8) is 0 Å². The fourth-order valence-electron chi connectivity index (χ4n) is 2.98. The first-order chi connectivity index (χ1) is 11.1. The van der Waals surface area contributed by atoms with E-state index in [2.05, 4.69) is 42.7 Å². The zero-order valence-electron chi connectivity index (χ0n) is 13.2. The number of thioether (sulfide) groups is 1. The minimum atomic E-state index is -0.792. The highest BCUT2D eigenvalue weighted by Crippen LogP contribution is 2.43. The van der Waals surface area contributed by atoms with E-state index in [9.17, 15) is 9.90 Å². The number of benzene rings is 2. The van der Waals surface area contributed by atoms with E-state index in [0.29, 0.717) is 0 Å². The minimum absolute atomic E-state index is 0.0611. The Labute approximate surface area is 140 Å². The number of hydrogen-bond acceptors (Lipinski definition) is 2. The van der Waals surface area contributed by atoms with Gasteiger partial charge in [0.2, 0.25) is 0 Å². The summed E-state index contributed by atoms with van der Waals surface area (Å²) in [6, 6.07) is 16.5. The Kier molecular flexibility index (Phi) is 4.39. The molecule has 3 heteroatoms. The van der Waals surface area contributed by atoms with Crippen LogP contribution in [0, 0.1) is 0 Å². The van der Waals surface area contributed by atoms with Crippen LogP contribution in [0.1, 0.15) is 30.0 Å². The topological polar surface area (TPSA) is 37.3 Å². The second-order valence-electron chi connectivity index (χ2n) is 5.55. The molecule has 1 aliphatic carbocycles. The summed E-state index contributed by atoms with van der Waals surface area (Å²) >= 11 is 1.72. The maximum atomic E-state index is 11.2. The number of carbonyl (C=O) groups is 1. The summed E-state index contributed by atoms with van der Waals surface area (Å²) in [5.74, 6) is -0.792. The molecule has 0 radical (unpaired) electrons. The predicted octanol–water partition coefficient (Wildman–Crippen LogP) is 5.21. The molecule has 2 aromatic carbocycles. The molecule has 0 saturated heterocycles. The van der Waals surface area contributed by atoms with E-state index in [1.165, 1.54) is 4.90 Å². The summed E-state index contributed by atoms with van der Waals surface area (Å²) in [5, 5.41) is 9.19. The monoisotopic (exact) mass is 322 g/mol. The average molecular weight is 322 g/mol. The average Bonchev–Trinajstić information content (AvgIpc) is 2.81. The van der Waals surface area contributed by atoms with Gasteiger partial charge in [-0.25, -0.2) is 0 Å². The number of hydrogen-bond donors (Lipinski definition) is 1. The molecule has 2 aromatic rings. The number of rotatable bonds is 4. The summed E-state index contributed by atoms with van der Waals surface area (Å²) in [7, 11) is 0. The van der Waals surface area contributed by atoms with Crippen molar-refractivity contribution in [2.75, 3.05) is 6.26 Å². The first-order valence-corrected chi connectivity index (χ1v) is 8.70. The van der Waals surface area contributed by atoms with Crippen molar-refractivity contribution in [2.24, 2.45) is 0 Å². The van der Waals surface area contributed by atoms with E-state index in [1.54, 1.807) is 11.8 Å². The van der Waals surface area contributed by atoms with Gasteiger partial charge in [-0.3, -0.25) is 4.79 Å². The molecule has 23 heavy (non-hydrogen) atoms. The van der Waals surface area contributed by atoms with Crippen LogP contribution in [-0.2, 0) is 4.79 Å². The highest BCUT2D eigenvalue weighted by atomic mass is 32.2. The summed E-state index contributed by atoms with van der Waals surface area (Å²) in [6.07, 6.45) is 4.27. The van der Waals surface area contributed by atoms with Crippen LogP contribution in [-0.4, -0.2) is 17.3 Å². The van der Waals surface area contributed by atoms with Crippen molar-refractivity contribution in [3.8, 4) is 0 Å². The van der Waals surface area contributed by atoms with Crippen LogP contribution in [0.4, 0.5) is 0 Å². The van der Waals surface area contributed by atoms with E-state index in [0.717, 1.165) is 33.4 Å². The van der Waals surface area contributed by atoms with Crippen molar-refractivity contribution in [3.05, 3.63) is 70.8 Å². The zero-order valence-corrected chi connectivity index (χ0v) is 14.0. The first kappa shape index (κ1) is 15.6. The smallest absolute Gasteiger partial charge is 0.307 e. The molecular weight excluding hydrogens is 304 g/mol. The lowest BCUT2D eigenvalue weighted by molar-refractivity contribution is -0.135. The molecule has 3 rings (SSSR count). The Morgan fingerprint density at radius 1 is 1.09 bits per heavy atom. The third-order valence-electron chi connectivity index (χ3n) is 4.15. The maximum absolute atomic E-state index is 11.2. The molecule has 0 aliphatic heterocycles. The fraction of sp³-hybridized carbons (Fsp3) is 0.150. The molecular formula is C20H18O2S. The van der Waals surface area contributed by atoms with E-state index < -0.39 is 5.97 Å². The summed E-state index contributed by atoms with van der Waals surface area (Å²) < 4.78 is 0. The summed E-state index contributed by atoms with van der Waals surface area (Å²) in [6.45, 7) is 2.01. The zero-order chi connectivity index (χ0) is 16.4. The number of allylic oxidation sites excluding steroid dienone is 2. The molecule has 0 aromatic heterocycles. The Morgan fingerprint density at radius 2 is 1.74 bits per heavy atom. The Bertz CT molecular complexity index is 814. The second kappa shape index (κ2) is 6.47. The van der Waals surface area contributed by atoms with Gasteiger partial charge >= 0.3 is 5.97 Å². The molecule has 0 amide bonds. The molecule has 0 bridgehead atoms. The van der Waals surface area contributed by atoms with Gasteiger partial charge in [-0.15, -0.1) is 11.8 Å². The van der Waals surface area contributed by atoms with Gasteiger partial charge in [0.15, 0.2) is 0 Å². The molecule has 0 spiro atoms. The van der Waals surface area contributed by atoms with E-state index in [4.69, 9.17) is 0 Å². The Morgan fingerprint density at radius 3 is 2.35 bits per heavy atom. The summed E-state index contributed by atoms with van der Waals surface area (Å²) in [4.78, 5) is 12.4. The second-order valence-corrected chi connectivity index (χ2v) is 6.43. The third-order valence-corrected chi connectivity index (χ3v) is 4.90. The van der Waals surface area contributed by atoms with Crippen LogP contribution in [0.25, 0.3) is 17.2 Å². The highest BCUT2D eigenvalue weighted by molar-refractivity contribution is 7.98. The molecule has 2 nitrogen and oxygen atoms in total. The van der Waals surface area contributed by atoms with E-state index in [1.807, 2.05) is 25.1 Å². The number of carboxylic acid groups (broad SMARTS) is 1. The standard InChI is InChI=1S/C20H18O2S/c1-13-18(11-14-7-9-15(23-2)10-8-14)16-5-3-4-6-17(16)19(13)12-20(21)22/h3-11H,12H2,1-2H3,(H,21,22). The van der Waals surface area contributed by atoms with Crippen LogP contribution >= 0.6 is 11.8 Å². The molecule has 1 N–H and O–H groups in total. The van der Waals surface area contributed by atoms with Gasteiger partial charge in [0, 0.05) is 4.90 Å². The molecule has 116 valence electrons. The van der Waals surface area contributed by atoms with Crippen molar-refractivity contribution in [2.45, 2.75) is 18.2 Å². The van der Waals surface area contributed by atoms with Gasteiger partial charge in [-0.1, -0.05) is 36.4 Å². The predicted molar refractivity (Wildman–Crippen MR) is 97.4 cm³/mol. The SMILES string of the molecule is CSc1ccc(C=C2C(C)=C(CC(=O)O)c3ccccc32)cc1. The Balaban J connectivity index is 2.08. The maximum Gasteiger partial charge on any atom is 0.307 e. The number of aliphatic carboxylic acids is 1. The van der Waals surface area contributed by atoms with Gasteiger partial charge in [-0.2, -0.15) is 0 Å². The van der Waals surface area contributed by atoms with Crippen LogP contribution in [0.3, 0.4) is 0 Å². The minimum Gasteiger partial charge on any atom is -0.481 e. The molecule has 1 aliphatic rings. The highest BCUT2D eigenvalue weighted by Gasteiger charge is 2.24. The fourth-order valence-corrected chi connectivity index (χ4v) is 3.39. The molecule has 0 saturated carbocycles. The van der Waals surface area contributed by atoms with Gasteiger partial charge < -0.3 is 5.11 Å². The lowest BCUT2D eigenvalue weighted by Crippen LogP contribution is -1.96. The Hall–Kier alpha value is -2.26. The van der Waals surface area contributed by atoms with Gasteiger partial charge in [-0.05, 0) is 64.8 Å². The molecule has 0 heterocycles. The van der Waals surface area contributed by atoms with Crippen LogP contribution < -0.4 is 0 Å². The van der Waals surface area contributed by atoms with Crippen molar-refractivity contribution in [1.29, 1.82) is 0 Å². The van der Waals surface area contributed by atoms with Crippen LogP contribution in [0.15, 0.2) is 59.0 Å². The first-order valence-electron chi connectivity index (χ1n) is 7.47. The third kappa shape index (κ3) is 3.10. The van der Waals surface area contributed by atoms with Crippen LogP contribution in [0.5, 0.6) is 0 Å². The quantitative estimate of drug-likeness (QED) is 0.785. The molecule has 0 unspecified atom stereocenters. The number of fused-ring (bicyclic) bond motifs is 1. The van der Waals surface area contributed by atoms with Gasteiger partial charge in [0.05, 0.1) is 6.42 Å². The van der Waals surface area contributed by atoms with Gasteiger partial charge in [0.25, 0.3) is 0 Å². The van der Waals surface area contributed by atoms with Crippen molar-refractivity contribution >= 4 is 35.0 Å². The van der Waals surface area contributed by atoms with Crippen molar-refractivity contribution < 1.29 is 9.90 Å². The normalized spacial score (nSPS) is 15.1. The molecule has 0 fully saturated rings. The molecule has 0 atom stereocenters. The number of carboxylic acids is 1. The largest absolute Gasteiger partial charge is 0.481 e. The van der Waals surface area contributed by atoms with Gasteiger partial charge in [0.1, 0.15) is 0 Å². The van der Waals surface area contributed by atoms with Crippen LogP contribution in [0.2, 0.25) is 0 Å².